The molecule has 3 N–H and O–H groups in total. The zero-order valence-corrected chi connectivity index (χ0v) is 12.7. The second kappa shape index (κ2) is 8.04. The molecule has 0 saturated heterocycles. The van der Waals surface area contributed by atoms with E-state index in [1.54, 1.807) is 18.4 Å². The number of thiophene rings is 1. The van der Waals surface area contributed by atoms with Gasteiger partial charge >= 0.3 is 0 Å². The molecule has 0 fully saturated rings. The molecule has 0 aliphatic carbocycles. The highest BCUT2D eigenvalue weighted by Gasteiger charge is 2.07. The molecule has 108 valence electrons. The maximum atomic E-state index is 5.65. The van der Waals surface area contributed by atoms with Crippen molar-refractivity contribution in [3.63, 3.8) is 0 Å². The molecule has 2 rings (SSSR count). The third-order valence-corrected chi connectivity index (χ3v) is 4.27. The number of methoxy groups -OCH3 is 1. The number of hydrogen-bond donors (Lipinski definition) is 2. The van der Waals surface area contributed by atoms with Gasteiger partial charge in [-0.2, -0.15) is 11.3 Å². The van der Waals surface area contributed by atoms with Crippen molar-refractivity contribution in [2.24, 2.45) is 5.84 Å². The lowest BCUT2D eigenvalue weighted by molar-refractivity contribution is 0.414. The van der Waals surface area contributed by atoms with E-state index in [1.165, 1.54) is 11.1 Å². The van der Waals surface area contributed by atoms with Gasteiger partial charge in [-0.15, -0.1) is 0 Å². The smallest absolute Gasteiger partial charge is 0.118 e. The fourth-order valence-corrected chi connectivity index (χ4v) is 2.92. The average Bonchev–Trinajstić information content (AvgIpc) is 3.01. The molecule has 20 heavy (non-hydrogen) atoms. The topological polar surface area (TPSA) is 47.3 Å². The van der Waals surface area contributed by atoms with Crippen LogP contribution in [0.2, 0.25) is 0 Å². The van der Waals surface area contributed by atoms with Crippen LogP contribution < -0.4 is 16.0 Å². The Labute approximate surface area is 124 Å². The third kappa shape index (κ3) is 4.63. The largest absolute Gasteiger partial charge is 0.497 e. The van der Waals surface area contributed by atoms with Gasteiger partial charge in [0.05, 0.1) is 7.11 Å². The van der Waals surface area contributed by atoms with Crippen molar-refractivity contribution in [3.8, 4) is 5.75 Å². The van der Waals surface area contributed by atoms with E-state index in [4.69, 9.17) is 10.6 Å². The first-order chi connectivity index (χ1) is 9.81. The predicted octanol–water partition coefficient (Wildman–Crippen LogP) is 3.15. The van der Waals surface area contributed by atoms with Crippen LogP contribution in [0.15, 0.2) is 41.1 Å². The SMILES string of the molecule is COc1ccc(CCC(CCc2ccsc2)NN)cc1. The number of rotatable bonds is 8. The summed E-state index contributed by atoms with van der Waals surface area (Å²) in [6, 6.07) is 10.8. The van der Waals surface area contributed by atoms with E-state index >= 15 is 0 Å². The van der Waals surface area contributed by atoms with E-state index in [2.05, 4.69) is 34.4 Å². The van der Waals surface area contributed by atoms with Gasteiger partial charge in [0.15, 0.2) is 0 Å². The van der Waals surface area contributed by atoms with Gasteiger partial charge in [-0.3, -0.25) is 11.3 Å². The first-order valence-electron chi connectivity index (χ1n) is 6.92. The molecular formula is C16H22N2OS. The fraction of sp³-hybridized carbons (Fsp3) is 0.375. The van der Waals surface area contributed by atoms with Gasteiger partial charge < -0.3 is 4.74 Å². The lowest BCUT2D eigenvalue weighted by Crippen LogP contribution is -2.35. The minimum absolute atomic E-state index is 0.358. The summed E-state index contributed by atoms with van der Waals surface area (Å²) < 4.78 is 5.16. The maximum absolute atomic E-state index is 5.65. The molecule has 0 radical (unpaired) electrons. The normalized spacial score (nSPS) is 12.3. The molecule has 0 saturated carbocycles. The predicted molar refractivity (Wildman–Crippen MR) is 85.1 cm³/mol. The molecule has 1 aromatic heterocycles. The molecule has 1 unspecified atom stereocenters. The summed E-state index contributed by atoms with van der Waals surface area (Å²) in [4.78, 5) is 0. The Balaban J connectivity index is 1.77. The van der Waals surface area contributed by atoms with Gasteiger partial charge in [0, 0.05) is 6.04 Å². The van der Waals surface area contributed by atoms with Crippen molar-refractivity contribution in [1.29, 1.82) is 0 Å². The number of hydrazine groups is 1. The minimum atomic E-state index is 0.358. The number of hydrogen-bond acceptors (Lipinski definition) is 4. The average molecular weight is 290 g/mol. The highest BCUT2D eigenvalue weighted by atomic mass is 32.1. The lowest BCUT2D eigenvalue weighted by Gasteiger charge is -2.15. The van der Waals surface area contributed by atoms with Crippen LogP contribution in [0.25, 0.3) is 0 Å². The Morgan fingerprint density at radius 1 is 1.10 bits per heavy atom. The molecule has 1 heterocycles. The van der Waals surface area contributed by atoms with E-state index in [-0.39, 0.29) is 0 Å². The lowest BCUT2D eigenvalue weighted by atomic mass is 10.0. The van der Waals surface area contributed by atoms with Crippen LogP contribution in [-0.4, -0.2) is 13.2 Å². The quantitative estimate of drug-likeness (QED) is 0.580. The summed E-state index contributed by atoms with van der Waals surface area (Å²) in [5.41, 5.74) is 5.66. The zero-order chi connectivity index (χ0) is 14.2. The number of ether oxygens (including phenoxy) is 1. The standard InChI is InChI=1S/C16H22N2OS/c1-19-16-8-4-13(5-9-16)2-6-15(18-17)7-3-14-10-11-20-12-14/h4-5,8-12,15,18H,2-3,6-7,17H2,1H3. The Bertz CT molecular complexity index is 482. The van der Waals surface area contributed by atoms with Crippen LogP contribution in [0.3, 0.4) is 0 Å². The van der Waals surface area contributed by atoms with Crippen LogP contribution in [0.1, 0.15) is 24.0 Å². The van der Waals surface area contributed by atoms with E-state index in [0.717, 1.165) is 31.4 Å². The maximum Gasteiger partial charge on any atom is 0.118 e. The van der Waals surface area contributed by atoms with E-state index in [1.807, 2.05) is 12.1 Å². The molecule has 0 bridgehead atoms. The molecule has 1 atom stereocenters. The first kappa shape index (κ1) is 15.0. The van der Waals surface area contributed by atoms with Gasteiger partial charge in [-0.1, -0.05) is 12.1 Å². The molecule has 1 aromatic carbocycles. The van der Waals surface area contributed by atoms with Crippen LogP contribution in [0.5, 0.6) is 5.75 Å². The molecule has 2 aromatic rings. The molecule has 0 amide bonds. The summed E-state index contributed by atoms with van der Waals surface area (Å²) in [6.45, 7) is 0. The van der Waals surface area contributed by atoms with Crippen LogP contribution in [0, 0.1) is 0 Å². The van der Waals surface area contributed by atoms with E-state index in [9.17, 15) is 0 Å². The summed E-state index contributed by atoms with van der Waals surface area (Å²) in [5.74, 6) is 6.56. The van der Waals surface area contributed by atoms with E-state index < -0.39 is 0 Å². The van der Waals surface area contributed by atoms with Crippen molar-refractivity contribution in [1.82, 2.24) is 5.43 Å². The zero-order valence-electron chi connectivity index (χ0n) is 11.8. The van der Waals surface area contributed by atoms with Gasteiger partial charge in [0.1, 0.15) is 5.75 Å². The molecule has 0 aliphatic heterocycles. The number of nitrogens with one attached hydrogen (secondary N) is 1. The van der Waals surface area contributed by atoms with Crippen molar-refractivity contribution in [3.05, 3.63) is 52.2 Å². The minimum Gasteiger partial charge on any atom is -0.497 e. The van der Waals surface area contributed by atoms with Crippen molar-refractivity contribution < 1.29 is 4.74 Å². The number of benzene rings is 1. The second-order valence-electron chi connectivity index (χ2n) is 4.92. The Morgan fingerprint density at radius 2 is 1.80 bits per heavy atom. The van der Waals surface area contributed by atoms with Crippen LogP contribution >= 0.6 is 11.3 Å². The Kier molecular flexibility index (Phi) is 6.05. The second-order valence-corrected chi connectivity index (χ2v) is 5.70. The highest BCUT2D eigenvalue weighted by Crippen LogP contribution is 2.15. The van der Waals surface area contributed by atoms with Crippen LogP contribution in [-0.2, 0) is 12.8 Å². The van der Waals surface area contributed by atoms with E-state index in [0.29, 0.717) is 6.04 Å². The summed E-state index contributed by atoms with van der Waals surface area (Å²) >= 11 is 1.75. The summed E-state index contributed by atoms with van der Waals surface area (Å²) in [6.07, 6.45) is 4.24. The summed E-state index contributed by atoms with van der Waals surface area (Å²) in [7, 11) is 1.69. The monoisotopic (exact) mass is 290 g/mol. The fourth-order valence-electron chi connectivity index (χ4n) is 2.22. The Morgan fingerprint density at radius 3 is 2.35 bits per heavy atom. The van der Waals surface area contributed by atoms with Crippen LogP contribution in [0.4, 0.5) is 0 Å². The molecule has 4 heteroatoms. The van der Waals surface area contributed by atoms with Gasteiger partial charge in [0.2, 0.25) is 0 Å². The Hall–Kier alpha value is -1.36. The van der Waals surface area contributed by atoms with Crippen molar-refractivity contribution in [2.75, 3.05) is 7.11 Å². The van der Waals surface area contributed by atoms with Gasteiger partial charge in [-0.05, 0) is 65.8 Å². The van der Waals surface area contributed by atoms with Gasteiger partial charge in [0.25, 0.3) is 0 Å². The highest BCUT2D eigenvalue weighted by molar-refractivity contribution is 7.07. The molecular weight excluding hydrogens is 268 g/mol. The number of nitrogens with two attached hydrogens (primary N) is 1. The summed E-state index contributed by atoms with van der Waals surface area (Å²) in [5, 5.41) is 4.33. The molecule has 0 aliphatic rings. The third-order valence-electron chi connectivity index (χ3n) is 3.54. The first-order valence-corrected chi connectivity index (χ1v) is 7.86. The molecule has 0 spiro atoms. The molecule has 3 nitrogen and oxygen atoms in total. The van der Waals surface area contributed by atoms with Crippen molar-refractivity contribution >= 4 is 11.3 Å². The van der Waals surface area contributed by atoms with Crippen molar-refractivity contribution in [2.45, 2.75) is 31.7 Å². The number of aryl methyl sites for hydroxylation is 2. The van der Waals surface area contributed by atoms with Gasteiger partial charge in [-0.25, -0.2) is 0 Å².